The van der Waals surface area contributed by atoms with E-state index >= 15 is 0 Å². The number of sulfone groups is 1. The van der Waals surface area contributed by atoms with Gasteiger partial charge in [0.1, 0.15) is 5.82 Å². The second-order valence-electron chi connectivity index (χ2n) is 6.53. The van der Waals surface area contributed by atoms with Crippen molar-refractivity contribution in [2.45, 2.75) is 11.2 Å². The molecule has 0 bridgehead atoms. The molecule has 0 unspecified atom stereocenters. The summed E-state index contributed by atoms with van der Waals surface area (Å²) >= 11 is 0. The molecule has 10 heteroatoms. The number of hydrogen-bond acceptors (Lipinski definition) is 4. The van der Waals surface area contributed by atoms with Crippen LogP contribution in [0.5, 0.6) is 0 Å². The molecule has 0 saturated carbocycles. The summed E-state index contributed by atoms with van der Waals surface area (Å²) in [7, 11) is -3.62. The minimum atomic E-state index is -4.61. The summed E-state index contributed by atoms with van der Waals surface area (Å²) in [5.41, 5.74) is -0.661. The second-order valence-corrected chi connectivity index (χ2v) is 8.46. The normalized spacial score (nSPS) is 12.4. The fourth-order valence-corrected chi connectivity index (χ4v) is 3.82. The Hall–Kier alpha value is -3.27. The summed E-state index contributed by atoms with van der Waals surface area (Å²) in [6.45, 7) is 0. The number of alkyl halides is 3. The summed E-state index contributed by atoms with van der Waals surface area (Å²) in [5.74, 6) is -0.610. The highest BCUT2D eigenvalue weighted by Crippen LogP contribution is 2.33. The Balaban J connectivity index is 1.81. The summed E-state index contributed by atoms with van der Waals surface area (Å²) in [6, 6.07) is 12.4. The zero-order valence-electron chi connectivity index (χ0n) is 15.3. The first-order valence-corrected chi connectivity index (χ1v) is 10.4. The molecule has 1 radical (unpaired) electrons. The van der Waals surface area contributed by atoms with Gasteiger partial charge < -0.3 is 0 Å². The highest BCUT2D eigenvalue weighted by Gasteiger charge is 2.31. The van der Waals surface area contributed by atoms with E-state index in [0.29, 0.717) is 23.0 Å². The van der Waals surface area contributed by atoms with Crippen LogP contribution in [0.25, 0.3) is 27.8 Å². The van der Waals surface area contributed by atoms with Crippen LogP contribution in [0.3, 0.4) is 0 Å². The second kappa shape index (κ2) is 6.91. The molecule has 0 amide bonds. The average molecular weight is 434 g/mol. The van der Waals surface area contributed by atoms with Crippen LogP contribution in [0.15, 0.2) is 59.8 Å². The maximum absolute atomic E-state index is 14.1. The van der Waals surface area contributed by atoms with E-state index in [-0.39, 0.29) is 22.0 Å². The molecule has 0 aliphatic heterocycles. The molecule has 0 saturated heterocycles. The Morgan fingerprint density at radius 3 is 2.50 bits per heavy atom. The number of hydrogen-bond donors (Lipinski definition) is 0. The lowest BCUT2D eigenvalue weighted by Gasteiger charge is -2.10. The Morgan fingerprint density at radius 2 is 1.87 bits per heavy atom. The number of fused-ring (bicyclic) bond motifs is 1. The molecule has 5 nitrogen and oxygen atoms in total. The Kier molecular flexibility index (Phi) is 4.61. The molecule has 153 valence electrons. The van der Waals surface area contributed by atoms with Gasteiger partial charge in [0.15, 0.2) is 20.7 Å². The van der Waals surface area contributed by atoms with E-state index in [2.05, 4.69) is 16.1 Å². The van der Waals surface area contributed by atoms with E-state index in [1.165, 1.54) is 23.0 Å². The van der Waals surface area contributed by atoms with Gasteiger partial charge in [-0.05, 0) is 48.5 Å². The number of pyridine rings is 1. The summed E-state index contributed by atoms with van der Waals surface area (Å²) in [4.78, 5) is 4.15. The summed E-state index contributed by atoms with van der Waals surface area (Å²) in [5, 5.41) is 4.36. The van der Waals surface area contributed by atoms with Crippen LogP contribution in [0, 0.1) is 11.9 Å². The van der Waals surface area contributed by atoms with Crippen LogP contribution in [0.2, 0.25) is 0 Å². The molecule has 2 aromatic heterocycles. The van der Waals surface area contributed by atoms with Crippen molar-refractivity contribution >= 4 is 20.7 Å². The Morgan fingerprint density at radius 1 is 1.10 bits per heavy atom. The molecule has 4 aromatic rings. The highest BCUT2D eigenvalue weighted by molar-refractivity contribution is 7.90. The molecule has 0 atom stereocenters. The number of aromatic nitrogens is 3. The van der Waals surface area contributed by atoms with E-state index < -0.39 is 27.4 Å². The van der Waals surface area contributed by atoms with E-state index in [1.807, 2.05) is 0 Å². The predicted octanol–water partition coefficient (Wildman–Crippen LogP) is 4.45. The topological polar surface area (TPSA) is 64.8 Å². The third-order valence-corrected chi connectivity index (χ3v) is 5.42. The lowest BCUT2D eigenvalue weighted by Crippen LogP contribution is -2.05. The molecule has 4 rings (SSSR count). The van der Waals surface area contributed by atoms with Crippen molar-refractivity contribution in [2.75, 3.05) is 6.26 Å². The molecule has 0 spiro atoms. The molecule has 30 heavy (non-hydrogen) atoms. The van der Waals surface area contributed by atoms with Crippen LogP contribution >= 0.6 is 0 Å². The number of nitrogens with zero attached hydrogens (tertiary/aromatic N) is 3. The number of rotatable bonds is 3. The Labute approximate surface area is 168 Å². The monoisotopic (exact) mass is 434 g/mol. The van der Waals surface area contributed by atoms with Crippen molar-refractivity contribution in [3.8, 4) is 16.9 Å². The minimum Gasteiger partial charge on any atom is -0.236 e. The molecule has 0 fully saturated rings. The van der Waals surface area contributed by atoms with Gasteiger partial charge in [0, 0.05) is 29.0 Å². The largest absolute Gasteiger partial charge is 0.416 e. The maximum atomic E-state index is 14.1. The van der Waals surface area contributed by atoms with Gasteiger partial charge in [-0.2, -0.15) is 18.3 Å². The van der Waals surface area contributed by atoms with Crippen molar-refractivity contribution in [2.24, 2.45) is 0 Å². The van der Waals surface area contributed by atoms with Crippen molar-refractivity contribution in [3.63, 3.8) is 0 Å². The van der Waals surface area contributed by atoms with E-state index in [9.17, 15) is 26.0 Å². The van der Waals surface area contributed by atoms with Crippen molar-refractivity contribution < 1.29 is 26.0 Å². The quantitative estimate of drug-likeness (QED) is 0.447. The first kappa shape index (κ1) is 20.0. The highest BCUT2D eigenvalue weighted by atomic mass is 32.2. The standard InChI is InChI=1S/C20H12F4N3O2S/c1-30(28,29)19-14-4-2-3-5-17(14)27(26-19)18-9-6-12(11-25-18)15-10-13(20(22,23)24)7-8-16(15)21/h2,4-11H,1H3. The fourth-order valence-electron chi connectivity index (χ4n) is 3.02. The lowest BCUT2D eigenvalue weighted by atomic mass is 10.0. The maximum Gasteiger partial charge on any atom is 0.416 e. The van der Waals surface area contributed by atoms with Gasteiger partial charge in [-0.15, -0.1) is 0 Å². The van der Waals surface area contributed by atoms with Gasteiger partial charge in [0.25, 0.3) is 0 Å². The molecule has 0 aliphatic carbocycles. The van der Waals surface area contributed by atoms with Gasteiger partial charge in [-0.3, -0.25) is 0 Å². The summed E-state index contributed by atoms with van der Waals surface area (Å²) in [6.07, 6.45) is -2.38. The van der Waals surface area contributed by atoms with E-state index in [0.717, 1.165) is 12.3 Å². The number of benzene rings is 2. The van der Waals surface area contributed by atoms with E-state index in [1.54, 1.807) is 18.2 Å². The van der Waals surface area contributed by atoms with Gasteiger partial charge in [-0.25, -0.2) is 22.5 Å². The van der Waals surface area contributed by atoms with Gasteiger partial charge in [0.2, 0.25) is 0 Å². The molecule has 0 aliphatic rings. The van der Waals surface area contributed by atoms with Gasteiger partial charge in [-0.1, -0.05) is 6.07 Å². The van der Waals surface area contributed by atoms with Crippen molar-refractivity contribution in [3.05, 3.63) is 72.2 Å². The fraction of sp³-hybridized carbons (Fsp3) is 0.100. The Bertz CT molecular complexity index is 1360. The third kappa shape index (κ3) is 3.54. The molecule has 2 heterocycles. The first-order valence-electron chi connectivity index (χ1n) is 8.48. The predicted molar refractivity (Wildman–Crippen MR) is 101 cm³/mol. The lowest BCUT2D eigenvalue weighted by molar-refractivity contribution is -0.137. The van der Waals surface area contributed by atoms with Crippen LogP contribution in [-0.4, -0.2) is 29.4 Å². The van der Waals surface area contributed by atoms with Gasteiger partial charge in [0.05, 0.1) is 11.1 Å². The zero-order valence-corrected chi connectivity index (χ0v) is 16.1. The van der Waals surface area contributed by atoms with Gasteiger partial charge >= 0.3 is 6.18 Å². The van der Waals surface area contributed by atoms with E-state index in [4.69, 9.17) is 0 Å². The summed E-state index contributed by atoms with van der Waals surface area (Å²) < 4.78 is 78.3. The van der Waals surface area contributed by atoms with Crippen LogP contribution in [0.1, 0.15) is 5.56 Å². The molecular formula is C20H12F4N3O2S. The van der Waals surface area contributed by atoms with Crippen LogP contribution in [-0.2, 0) is 16.0 Å². The minimum absolute atomic E-state index is 0.133. The van der Waals surface area contributed by atoms with Crippen molar-refractivity contribution in [1.82, 2.24) is 14.8 Å². The first-order chi connectivity index (χ1) is 14.1. The molecular weight excluding hydrogens is 422 g/mol. The zero-order chi connectivity index (χ0) is 21.7. The molecule has 0 N–H and O–H groups in total. The number of halogens is 4. The smallest absolute Gasteiger partial charge is 0.236 e. The molecule has 2 aromatic carbocycles. The van der Waals surface area contributed by atoms with Crippen molar-refractivity contribution in [1.29, 1.82) is 0 Å². The van der Waals surface area contributed by atoms with Crippen LogP contribution in [0.4, 0.5) is 17.6 Å². The average Bonchev–Trinajstić information content (AvgIpc) is 3.08. The van der Waals surface area contributed by atoms with Crippen LogP contribution < -0.4 is 0 Å². The SMILES string of the molecule is CS(=O)(=O)c1nn(-c2ccc(-c3cc(C(F)(F)F)ccc3F)cn2)c2c[c]ccc12. The third-order valence-electron chi connectivity index (χ3n) is 4.41.